The second-order valence-corrected chi connectivity index (χ2v) is 15.7. The topological polar surface area (TPSA) is 408 Å². The molecule has 0 radical (unpaired) electrons. The van der Waals surface area contributed by atoms with Gasteiger partial charge in [-0.15, -0.1) is 0 Å². The van der Waals surface area contributed by atoms with E-state index in [4.69, 9.17) is 42.3 Å². The molecule has 0 saturated carbocycles. The number of phenols is 2. The molecule has 2 aromatic carbocycles. The highest BCUT2D eigenvalue weighted by Crippen LogP contribution is 2.40. The number of hydrogen-bond acceptors (Lipinski definition) is 25. The van der Waals surface area contributed by atoms with Gasteiger partial charge in [0.25, 0.3) is 0 Å². The van der Waals surface area contributed by atoms with Gasteiger partial charge < -0.3 is 119 Å². The van der Waals surface area contributed by atoms with E-state index in [9.17, 15) is 81.4 Å². The summed E-state index contributed by atoms with van der Waals surface area (Å²) in [6.45, 7) is -1.38. The van der Waals surface area contributed by atoms with Gasteiger partial charge in [-0.2, -0.15) is 0 Å². The molecule has 356 valence electrons. The lowest BCUT2D eigenvalue weighted by atomic mass is 9.96. The number of aliphatic hydroxyl groups is 13. The molecule has 4 fully saturated rings. The van der Waals surface area contributed by atoms with Crippen molar-refractivity contribution in [1.29, 1.82) is 0 Å². The van der Waals surface area contributed by atoms with Gasteiger partial charge in [0, 0.05) is 17.7 Å². The van der Waals surface area contributed by atoms with Gasteiger partial charge in [0.2, 0.25) is 23.8 Å². The van der Waals surface area contributed by atoms with Crippen LogP contribution in [0.4, 0.5) is 0 Å². The van der Waals surface area contributed by atoms with Gasteiger partial charge in [0.15, 0.2) is 24.4 Å². The number of ether oxygens (including phenoxy) is 8. The van der Waals surface area contributed by atoms with Gasteiger partial charge in [-0.05, 0) is 31.2 Å². The molecule has 0 amide bonds. The van der Waals surface area contributed by atoms with Gasteiger partial charge in [0.1, 0.15) is 114 Å². The van der Waals surface area contributed by atoms with E-state index >= 15 is 0 Å². The van der Waals surface area contributed by atoms with Crippen molar-refractivity contribution >= 4 is 11.0 Å². The Balaban J connectivity index is 1.27. The minimum atomic E-state index is -2.14. The maximum atomic E-state index is 14.5. The Kier molecular flexibility index (Phi) is 14.6. The van der Waals surface area contributed by atoms with Crippen LogP contribution in [0.3, 0.4) is 0 Å². The molecule has 3 aromatic rings. The quantitative estimate of drug-likeness (QED) is 0.0804. The molecule has 20 unspecified atom stereocenters. The average Bonchev–Trinajstić information content (AvgIpc) is 3.27. The molecule has 1 aromatic heterocycles. The molecule has 5 heterocycles. The molecule has 25 nitrogen and oxygen atoms in total. The number of aliphatic hydroxyl groups excluding tert-OH is 13. The summed E-state index contributed by atoms with van der Waals surface area (Å²) in [5, 5.41) is 157. The first-order valence-corrected chi connectivity index (χ1v) is 19.9. The second-order valence-electron chi connectivity index (χ2n) is 15.7. The van der Waals surface area contributed by atoms with Gasteiger partial charge in [-0.1, -0.05) is 0 Å². The Morgan fingerprint density at radius 3 is 1.64 bits per heavy atom. The normalized spacial score (nSPS) is 40.6. The van der Waals surface area contributed by atoms with Crippen molar-refractivity contribution < 1.29 is 119 Å². The smallest absolute Gasteiger partial charge is 0.239 e. The van der Waals surface area contributed by atoms with Crippen molar-refractivity contribution in [2.24, 2.45) is 0 Å². The van der Waals surface area contributed by atoms with Crippen LogP contribution in [0, 0.1) is 0 Å². The molecule has 7 rings (SSSR count). The lowest BCUT2D eigenvalue weighted by molar-refractivity contribution is -0.389. The molecule has 20 atom stereocenters. The lowest BCUT2D eigenvalue weighted by Crippen LogP contribution is -2.67. The van der Waals surface area contributed by atoms with Gasteiger partial charge in [-0.3, -0.25) is 4.79 Å². The van der Waals surface area contributed by atoms with Crippen molar-refractivity contribution in [2.75, 3.05) is 19.8 Å². The molecular formula is C39H50O25. The van der Waals surface area contributed by atoms with E-state index in [1.54, 1.807) is 0 Å². The predicted octanol–water partition coefficient (Wildman–Crippen LogP) is -6.10. The largest absolute Gasteiger partial charge is 0.508 e. The Morgan fingerprint density at radius 1 is 0.547 bits per heavy atom. The number of aromatic hydroxyl groups is 2. The zero-order chi connectivity index (χ0) is 46.5. The van der Waals surface area contributed by atoms with Crippen LogP contribution in [0.1, 0.15) is 6.92 Å². The van der Waals surface area contributed by atoms with Crippen LogP contribution < -0.4 is 14.9 Å². The minimum absolute atomic E-state index is 0.0358. The van der Waals surface area contributed by atoms with E-state index in [1.165, 1.54) is 31.2 Å². The van der Waals surface area contributed by atoms with Crippen molar-refractivity contribution in [1.82, 2.24) is 0 Å². The van der Waals surface area contributed by atoms with Crippen LogP contribution in [0.2, 0.25) is 0 Å². The van der Waals surface area contributed by atoms with Gasteiger partial charge in [0.05, 0.1) is 25.9 Å². The van der Waals surface area contributed by atoms with Gasteiger partial charge in [-0.25, -0.2) is 0 Å². The summed E-state index contributed by atoms with van der Waals surface area (Å²) in [5.41, 5.74) is -1.47. The Morgan fingerprint density at radius 2 is 1.05 bits per heavy atom. The van der Waals surface area contributed by atoms with Crippen LogP contribution in [0.5, 0.6) is 23.0 Å². The molecule has 64 heavy (non-hydrogen) atoms. The molecule has 4 aliphatic heterocycles. The van der Waals surface area contributed by atoms with Crippen molar-refractivity contribution in [2.45, 2.75) is 130 Å². The molecule has 15 N–H and O–H groups in total. The molecule has 4 saturated heterocycles. The van der Waals surface area contributed by atoms with E-state index in [-0.39, 0.29) is 22.6 Å². The number of rotatable bonds is 12. The van der Waals surface area contributed by atoms with E-state index < -0.39 is 171 Å². The van der Waals surface area contributed by atoms with Crippen molar-refractivity contribution in [3.63, 3.8) is 0 Å². The highest BCUT2D eigenvalue weighted by atomic mass is 16.8. The predicted molar refractivity (Wildman–Crippen MR) is 204 cm³/mol. The third-order valence-electron chi connectivity index (χ3n) is 11.4. The standard InChI is InChI=1S/C39H50O25/c1-11-21(45)26(50)30(54)36(56-11)57-14-6-15(44)20-16(7-14)58-32(12-2-4-13(43)5-3-12)33(25(20)49)62-38-35(29(53)24(48)18(9-41)60-38)64-39-34(28(52)23(47)19(10-42)61-39)63-37-31(55)27(51)22(46)17(8-40)59-37/h2-7,11,17-19,21-24,26-31,34-48,50-55H,8-10H2,1H3. The highest BCUT2D eigenvalue weighted by Gasteiger charge is 2.55. The Hall–Kier alpha value is -3.91. The van der Waals surface area contributed by atoms with E-state index in [0.29, 0.717) is 0 Å². The lowest BCUT2D eigenvalue weighted by Gasteiger charge is -2.48. The Bertz CT molecular complexity index is 2100. The number of hydrogen-bond donors (Lipinski definition) is 15. The number of phenolic OH excluding ortho intramolecular Hbond substituents is 2. The molecule has 0 aliphatic carbocycles. The fourth-order valence-corrected chi connectivity index (χ4v) is 7.69. The van der Waals surface area contributed by atoms with Crippen LogP contribution in [-0.2, 0) is 28.4 Å². The average molecular weight is 919 g/mol. The first-order valence-electron chi connectivity index (χ1n) is 19.9. The maximum Gasteiger partial charge on any atom is 0.239 e. The third kappa shape index (κ3) is 9.12. The van der Waals surface area contributed by atoms with E-state index in [1.807, 2.05) is 0 Å². The summed E-state index contributed by atoms with van der Waals surface area (Å²) in [7, 11) is 0. The maximum absolute atomic E-state index is 14.5. The summed E-state index contributed by atoms with van der Waals surface area (Å²) in [6, 6.07) is 7.04. The van der Waals surface area contributed by atoms with Crippen LogP contribution >= 0.6 is 0 Å². The number of benzene rings is 2. The molecule has 25 heteroatoms. The highest BCUT2D eigenvalue weighted by molar-refractivity contribution is 5.88. The van der Waals surface area contributed by atoms with E-state index in [2.05, 4.69) is 0 Å². The summed E-state index contributed by atoms with van der Waals surface area (Å²) in [4.78, 5) is 14.5. The fraction of sp³-hybridized carbons (Fsp3) is 0.615. The summed E-state index contributed by atoms with van der Waals surface area (Å²) in [5.74, 6) is -2.49. The van der Waals surface area contributed by atoms with E-state index in [0.717, 1.165) is 12.1 Å². The summed E-state index contributed by atoms with van der Waals surface area (Å²) >= 11 is 0. The van der Waals surface area contributed by atoms with Crippen LogP contribution in [0.15, 0.2) is 45.6 Å². The third-order valence-corrected chi connectivity index (χ3v) is 11.4. The van der Waals surface area contributed by atoms with Crippen molar-refractivity contribution in [3.05, 3.63) is 46.6 Å². The van der Waals surface area contributed by atoms with Crippen LogP contribution in [-0.4, -0.2) is 219 Å². The first kappa shape index (κ1) is 48.0. The molecular weight excluding hydrogens is 868 g/mol. The minimum Gasteiger partial charge on any atom is -0.508 e. The summed E-state index contributed by atoms with van der Waals surface area (Å²) in [6.07, 6.45) is -36.4. The van der Waals surface area contributed by atoms with Gasteiger partial charge >= 0.3 is 0 Å². The van der Waals surface area contributed by atoms with Crippen molar-refractivity contribution in [3.8, 4) is 34.3 Å². The SMILES string of the molecule is CC1OC(Oc2cc(O)c3c(=O)c(OC4OC(CO)C(O)C(O)C4OC4OC(CO)C(O)C(O)C4OC4OC(CO)C(O)C(O)C4O)c(-c4ccc(O)cc4)oc3c2)C(O)C(O)C1O. The van der Waals surface area contributed by atoms with Crippen LogP contribution in [0.25, 0.3) is 22.3 Å². The molecule has 4 aliphatic rings. The number of fused-ring (bicyclic) bond motifs is 1. The second kappa shape index (κ2) is 19.5. The fourth-order valence-electron chi connectivity index (χ4n) is 7.69. The Labute approximate surface area is 360 Å². The molecule has 0 bridgehead atoms. The molecule has 0 spiro atoms. The zero-order valence-corrected chi connectivity index (χ0v) is 33.4. The zero-order valence-electron chi connectivity index (χ0n) is 33.4. The first-order chi connectivity index (χ1) is 30.4. The summed E-state index contributed by atoms with van der Waals surface area (Å²) < 4.78 is 51.9. The monoisotopic (exact) mass is 918 g/mol.